The number of benzene rings is 1. The van der Waals surface area contributed by atoms with E-state index in [4.69, 9.17) is 0 Å². The molecule has 0 aliphatic heterocycles. The molecule has 5 nitrogen and oxygen atoms in total. The highest BCUT2D eigenvalue weighted by Crippen LogP contribution is 2.13. The molecule has 0 unspecified atom stereocenters. The van der Waals surface area contributed by atoms with E-state index in [2.05, 4.69) is 37.4 Å². The van der Waals surface area contributed by atoms with Gasteiger partial charge in [-0.3, -0.25) is 4.99 Å². The quantitative estimate of drug-likeness (QED) is 0.253. The number of halogens is 1. The Bertz CT molecular complexity index is 662. The van der Waals surface area contributed by atoms with Crippen molar-refractivity contribution < 1.29 is 0 Å². The summed E-state index contributed by atoms with van der Waals surface area (Å²) in [5, 5.41) is 3.38. The number of allylic oxidation sites excluding steroid dienone is 1. The summed E-state index contributed by atoms with van der Waals surface area (Å²) in [5.74, 6) is 1.89. The van der Waals surface area contributed by atoms with Crippen molar-refractivity contribution in [2.75, 3.05) is 20.6 Å². The van der Waals surface area contributed by atoms with Crippen LogP contribution >= 0.6 is 24.0 Å². The van der Waals surface area contributed by atoms with Gasteiger partial charge in [0.25, 0.3) is 0 Å². The van der Waals surface area contributed by atoms with Crippen LogP contribution < -0.4 is 5.32 Å². The van der Waals surface area contributed by atoms with E-state index in [1.165, 1.54) is 0 Å². The normalized spacial score (nSPS) is 11.2. The number of imidazole rings is 1. The van der Waals surface area contributed by atoms with E-state index < -0.39 is 0 Å². The Morgan fingerprint density at radius 1 is 1.43 bits per heavy atom. The second-order valence-electron chi connectivity index (χ2n) is 5.33. The third-order valence-electron chi connectivity index (χ3n) is 3.76. The largest absolute Gasteiger partial charge is 0.349 e. The fourth-order valence-corrected chi connectivity index (χ4v) is 2.48. The predicted molar refractivity (Wildman–Crippen MR) is 108 cm³/mol. The Kier molecular flexibility index (Phi) is 8.08. The number of hydrogen-bond donors (Lipinski definition) is 1. The fourth-order valence-electron chi connectivity index (χ4n) is 2.48. The van der Waals surface area contributed by atoms with Gasteiger partial charge in [-0.05, 0) is 25.0 Å². The molecule has 1 heterocycles. The number of guanidine groups is 1. The molecule has 0 spiro atoms. The molecular weight excluding hydrogens is 401 g/mol. The van der Waals surface area contributed by atoms with Crippen LogP contribution in [0.3, 0.4) is 0 Å². The number of para-hydroxylation sites is 2. The lowest BCUT2D eigenvalue weighted by molar-refractivity contribution is 0.468. The van der Waals surface area contributed by atoms with Crippen molar-refractivity contribution in [2.45, 2.75) is 19.4 Å². The van der Waals surface area contributed by atoms with Crippen molar-refractivity contribution in [2.24, 2.45) is 12.0 Å². The van der Waals surface area contributed by atoms with Crippen molar-refractivity contribution >= 4 is 41.0 Å². The van der Waals surface area contributed by atoms with Crippen molar-refractivity contribution in [1.82, 2.24) is 19.8 Å². The van der Waals surface area contributed by atoms with E-state index in [1.807, 2.05) is 38.4 Å². The van der Waals surface area contributed by atoms with Gasteiger partial charge in [0.15, 0.2) is 5.96 Å². The van der Waals surface area contributed by atoms with E-state index in [1.54, 1.807) is 7.05 Å². The van der Waals surface area contributed by atoms with Crippen LogP contribution in [0.2, 0.25) is 0 Å². The van der Waals surface area contributed by atoms with E-state index >= 15 is 0 Å². The highest BCUT2D eigenvalue weighted by atomic mass is 127. The molecule has 2 aromatic rings. The summed E-state index contributed by atoms with van der Waals surface area (Å²) in [6.45, 7) is 5.36. The molecule has 0 aliphatic rings. The number of hydrogen-bond acceptors (Lipinski definition) is 2. The minimum atomic E-state index is 0. The number of aliphatic imine (C=N–C) groups is 1. The number of aromatic nitrogens is 2. The average molecular weight is 427 g/mol. The maximum atomic E-state index is 4.67. The number of rotatable bonds is 6. The topological polar surface area (TPSA) is 45.4 Å². The van der Waals surface area contributed by atoms with Gasteiger partial charge in [0.2, 0.25) is 0 Å². The van der Waals surface area contributed by atoms with Gasteiger partial charge in [-0.2, -0.15) is 0 Å². The molecule has 126 valence electrons. The third kappa shape index (κ3) is 4.95. The monoisotopic (exact) mass is 427 g/mol. The average Bonchev–Trinajstić information content (AvgIpc) is 2.85. The first-order chi connectivity index (χ1) is 10.7. The third-order valence-corrected chi connectivity index (χ3v) is 3.76. The van der Waals surface area contributed by atoms with Crippen LogP contribution in [0.15, 0.2) is 41.9 Å². The first kappa shape index (κ1) is 19.5. The van der Waals surface area contributed by atoms with Crippen LogP contribution in [0.5, 0.6) is 0 Å². The highest BCUT2D eigenvalue weighted by Gasteiger charge is 2.09. The van der Waals surface area contributed by atoms with Crippen LogP contribution in [0, 0.1) is 0 Å². The lowest BCUT2D eigenvalue weighted by Gasteiger charge is -2.21. The van der Waals surface area contributed by atoms with Crippen LogP contribution in [-0.2, 0) is 13.6 Å². The molecule has 6 heteroatoms. The maximum Gasteiger partial charge on any atom is 0.193 e. The SMILES string of the molecule is C=CCCCN(C)C(=NC)NCc1nc2ccccc2n1C.I. The van der Waals surface area contributed by atoms with Gasteiger partial charge in [-0.25, -0.2) is 4.98 Å². The smallest absolute Gasteiger partial charge is 0.193 e. The van der Waals surface area contributed by atoms with Gasteiger partial charge in [0.05, 0.1) is 17.6 Å². The second-order valence-corrected chi connectivity index (χ2v) is 5.33. The molecule has 23 heavy (non-hydrogen) atoms. The summed E-state index contributed by atoms with van der Waals surface area (Å²) in [6, 6.07) is 8.17. The summed E-state index contributed by atoms with van der Waals surface area (Å²) in [6.07, 6.45) is 4.04. The summed E-state index contributed by atoms with van der Waals surface area (Å²) >= 11 is 0. The minimum absolute atomic E-state index is 0. The van der Waals surface area contributed by atoms with Crippen molar-refractivity contribution in [3.05, 3.63) is 42.7 Å². The zero-order valence-electron chi connectivity index (χ0n) is 14.1. The van der Waals surface area contributed by atoms with Crippen LogP contribution in [0.25, 0.3) is 11.0 Å². The molecule has 2 rings (SSSR count). The molecule has 0 saturated carbocycles. The molecule has 0 saturated heterocycles. The van der Waals surface area contributed by atoms with Crippen molar-refractivity contribution in [3.8, 4) is 0 Å². The zero-order valence-corrected chi connectivity index (χ0v) is 16.4. The Hall–Kier alpha value is -1.57. The maximum absolute atomic E-state index is 4.67. The van der Waals surface area contributed by atoms with Gasteiger partial charge in [0.1, 0.15) is 5.82 Å². The molecule has 1 N–H and O–H groups in total. The Morgan fingerprint density at radius 3 is 2.83 bits per heavy atom. The van der Waals surface area contributed by atoms with Crippen LogP contribution in [-0.4, -0.2) is 41.1 Å². The molecule has 0 fully saturated rings. The summed E-state index contributed by atoms with van der Waals surface area (Å²) in [5.41, 5.74) is 2.17. The van der Waals surface area contributed by atoms with Gasteiger partial charge in [-0.1, -0.05) is 18.2 Å². The minimum Gasteiger partial charge on any atom is -0.349 e. The Morgan fingerprint density at radius 2 is 2.17 bits per heavy atom. The Balaban J connectivity index is 0.00000264. The molecule has 0 atom stereocenters. The molecule has 1 aromatic heterocycles. The van der Waals surface area contributed by atoms with Gasteiger partial charge >= 0.3 is 0 Å². The number of unbranched alkanes of at least 4 members (excludes halogenated alkanes) is 1. The number of nitrogens with one attached hydrogen (secondary N) is 1. The fraction of sp³-hybridized carbons (Fsp3) is 0.412. The lowest BCUT2D eigenvalue weighted by atomic mass is 10.3. The standard InChI is InChI=1S/C17H25N5.HI/c1-5-6-9-12-21(3)17(18-2)19-13-16-20-14-10-7-8-11-15(14)22(16)4;/h5,7-8,10-11H,1,6,9,12-13H2,2-4H3,(H,18,19);1H. The van der Waals surface area contributed by atoms with Gasteiger partial charge in [-0.15, -0.1) is 30.6 Å². The summed E-state index contributed by atoms with van der Waals surface area (Å²) < 4.78 is 2.12. The van der Waals surface area contributed by atoms with Crippen molar-refractivity contribution in [3.63, 3.8) is 0 Å². The van der Waals surface area contributed by atoms with Crippen LogP contribution in [0.4, 0.5) is 0 Å². The summed E-state index contributed by atoms with van der Waals surface area (Å²) in [7, 11) is 5.90. The van der Waals surface area contributed by atoms with E-state index in [9.17, 15) is 0 Å². The molecule has 1 aromatic carbocycles. The molecular formula is C17H26IN5. The Labute approximate surface area is 155 Å². The molecule has 0 aliphatic carbocycles. The van der Waals surface area contributed by atoms with Gasteiger partial charge in [0, 0.05) is 27.7 Å². The zero-order chi connectivity index (χ0) is 15.9. The van der Waals surface area contributed by atoms with E-state index in [0.29, 0.717) is 6.54 Å². The number of aryl methyl sites for hydroxylation is 1. The summed E-state index contributed by atoms with van der Waals surface area (Å²) in [4.78, 5) is 11.1. The second kappa shape index (κ2) is 9.54. The lowest BCUT2D eigenvalue weighted by Crippen LogP contribution is -2.39. The first-order valence-electron chi connectivity index (χ1n) is 7.60. The first-order valence-corrected chi connectivity index (χ1v) is 7.60. The number of nitrogens with zero attached hydrogens (tertiary/aromatic N) is 4. The van der Waals surface area contributed by atoms with Gasteiger partial charge < -0.3 is 14.8 Å². The molecule has 0 bridgehead atoms. The van der Waals surface area contributed by atoms with Crippen molar-refractivity contribution in [1.29, 1.82) is 0 Å². The number of fused-ring (bicyclic) bond motifs is 1. The molecule has 0 radical (unpaired) electrons. The highest BCUT2D eigenvalue weighted by molar-refractivity contribution is 14.0. The predicted octanol–water partition coefficient (Wildman–Crippen LogP) is 3.16. The van der Waals surface area contributed by atoms with E-state index in [-0.39, 0.29) is 24.0 Å². The van der Waals surface area contributed by atoms with Crippen LogP contribution in [0.1, 0.15) is 18.7 Å². The molecule has 0 amide bonds. The van der Waals surface area contributed by atoms with E-state index in [0.717, 1.165) is 42.2 Å².